The first-order valence-electron chi connectivity index (χ1n) is 13.1. The van der Waals surface area contributed by atoms with Gasteiger partial charge in [0, 0.05) is 48.4 Å². The highest BCUT2D eigenvalue weighted by Crippen LogP contribution is 2.32. The van der Waals surface area contributed by atoms with Crippen molar-refractivity contribution in [1.29, 1.82) is 0 Å². The van der Waals surface area contributed by atoms with Crippen LogP contribution in [-0.2, 0) is 11.2 Å². The summed E-state index contributed by atoms with van der Waals surface area (Å²) in [7, 11) is 1.81. The zero-order valence-corrected chi connectivity index (χ0v) is 21.5. The quantitative estimate of drug-likeness (QED) is 0.359. The molecule has 0 radical (unpaired) electrons. The summed E-state index contributed by atoms with van der Waals surface area (Å²) in [6, 6.07) is 20.6. The fraction of sp³-hybridized carbons (Fsp3) is 0.267. The summed E-state index contributed by atoms with van der Waals surface area (Å²) >= 11 is 0. The van der Waals surface area contributed by atoms with E-state index in [2.05, 4.69) is 57.2 Å². The Balaban J connectivity index is 1.33. The zero-order valence-electron chi connectivity index (χ0n) is 21.5. The molecule has 1 amide bonds. The van der Waals surface area contributed by atoms with Gasteiger partial charge in [0.05, 0.1) is 17.8 Å². The van der Waals surface area contributed by atoms with Gasteiger partial charge in [-0.15, -0.1) is 0 Å². The van der Waals surface area contributed by atoms with Gasteiger partial charge < -0.3 is 16.0 Å². The molecular weight excluding hydrogens is 474 g/mol. The van der Waals surface area contributed by atoms with Crippen LogP contribution in [0.5, 0.6) is 0 Å². The van der Waals surface area contributed by atoms with E-state index in [0.29, 0.717) is 18.3 Å². The Labute approximate surface area is 221 Å². The van der Waals surface area contributed by atoms with Crippen LogP contribution in [0.3, 0.4) is 0 Å². The molecule has 8 nitrogen and oxygen atoms in total. The molecule has 2 aromatic carbocycles. The number of piperidine rings is 1. The minimum atomic E-state index is 0.165. The molecule has 5 aromatic rings. The molecule has 0 bridgehead atoms. The molecule has 0 unspecified atom stereocenters. The highest BCUT2D eigenvalue weighted by molar-refractivity contribution is 5.91. The van der Waals surface area contributed by atoms with Gasteiger partial charge in [-0.25, -0.2) is 15.0 Å². The molecule has 3 aromatic heterocycles. The molecule has 0 aliphatic carbocycles. The number of imidazole rings is 1. The van der Waals surface area contributed by atoms with E-state index in [-0.39, 0.29) is 5.91 Å². The van der Waals surface area contributed by atoms with E-state index >= 15 is 0 Å². The number of likely N-dealkylation sites (tertiary alicyclic amines) is 1. The van der Waals surface area contributed by atoms with E-state index in [1.54, 1.807) is 13.2 Å². The van der Waals surface area contributed by atoms with Gasteiger partial charge in [-0.05, 0) is 37.9 Å². The maximum absolute atomic E-state index is 12.3. The van der Waals surface area contributed by atoms with Crippen molar-refractivity contribution in [1.82, 2.24) is 29.6 Å². The summed E-state index contributed by atoms with van der Waals surface area (Å²) in [6.07, 6.45) is 6.41. The first-order chi connectivity index (χ1) is 18.6. The summed E-state index contributed by atoms with van der Waals surface area (Å²) in [5.41, 5.74) is 11.9. The number of nitrogens with one attached hydrogen (secondary N) is 1. The van der Waals surface area contributed by atoms with E-state index in [9.17, 15) is 4.79 Å². The van der Waals surface area contributed by atoms with E-state index in [0.717, 1.165) is 77.1 Å². The Morgan fingerprint density at radius 3 is 2.61 bits per heavy atom. The number of aromatic nitrogens is 4. The van der Waals surface area contributed by atoms with Gasteiger partial charge in [0.2, 0.25) is 5.91 Å². The summed E-state index contributed by atoms with van der Waals surface area (Å²) in [4.78, 5) is 28.6. The van der Waals surface area contributed by atoms with Crippen molar-refractivity contribution < 1.29 is 4.79 Å². The number of nitrogens with zero attached hydrogens (tertiary/aromatic N) is 5. The predicted molar refractivity (Wildman–Crippen MR) is 151 cm³/mol. The number of benzene rings is 2. The molecule has 4 heterocycles. The molecule has 3 N–H and O–H groups in total. The number of likely N-dealkylation sites (N-methyl/N-ethyl adjacent to an activating group) is 1. The number of anilines is 1. The summed E-state index contributed by atoms with van der Waals surface area (Å²) in [5.74, 6) is 2.04. The fourth-order valence-electron chi connectivity index (χ4n) is 5.41. The van der Waals surface area contributed by atoms with E-state index in [1.807, 2.05) is 29.3 Å². The molecule has 1 aliphatic rings. The van der Waals surface area contributed by atoms with Crippen LogP contribution in [0.4, 0.5) is 5.82 Å². The molecule has 1 saturated heterocycles. The molecule has 6 rings (SSSR count). The molecular formula is C30H31N7O. The Bertz CT molecular complexity index is 1600. The Morgan fingerprint density at radius 2 is 1.82 bits per heavy atom. The molecule has 0 saturated carbocycles. The van der Waals surface area contributed by atoms with Crippen LogP contribution in [-0.4, -0.2) is 56.8 Å². The largest absolute Gasteiger partial charge is 0.382 e. The molecule has 192 valence electrons. The minimum Gasteiger partial charge on any atom is -0.382 e. The van der Waals surface area contributed by atoms with Gasteiger partial charge in [0.1, 0.15) is 22.9 Å². The lowest BCUT2D eigenvalue weighted by atomic mass is 9.93. The number of fused-ring (bicyclic) bond motifs is 2. The second kappa shape index (κ2) is 10.2. The average Bonchev–Trinajstić information content (AvgIpc) is 3.33. The zero-order chi connectivity index (χ0) is 26.1. The van der Waals surface area contributed by atoms with Gasteiger partial charge >= 0.3 is 0 Å². The van der Waals surface area contributed by atoms with Gasteiger partial charge in [0.25, 0.3) is 0 Å². The molecule has 38 heavy (non-hydrogen) atoms. The standard InChI is InChI=1S/C30H31N7O/c1-32-19-27(38)36-14-11-20(12-15-36)17-26-35-28(29-30(31)33-13-16-37(26)29)23-8-7-22-9-10-24(34-25(22)18-23)21-5-3-2-4-6-21/h2-10,13,16,18,20,32H,11-12,14-15,17,19H2,1H3,(H2,31,33). The van der Waals surface area contributed by atoms with Crippen molar-refractivity contribution in [2.24, 2.45) is 5.92 Å². The number of carbonyl (C=O) groups excluding carboxylic acids is 1. The minimum absolute atomic E-state index is 0.165. The fourth-order valence-corrected chi connectivity index (χ4v) is 5.41. The molecule has 1 aliphatic heterocycles. The number of amides is 1. The first-order valence-corrected chi connectivity index (χ1v) is 13.1. The van der Waals surface area contributed by atoms with Crippen LogP contribution < -0.4 is 11.1 Å². The van der Waals surface area contributed by atoms with Crippen molar-refractivity contribution in [3.8, 4) is 22.5 Å². The molecule has 0 spiro atoms. The summed E-state index contributed by atoms with van der Waals surface area (Å²) < 4.78 is 2.08. The van der Waals surface area contributed by atoms with Crippen LogP contribution in [0.1, 0.15) is 18.7 Å². The highest BCUT2D eigenvalue weighted by Gasteiger charge is 2.25. The SMILES string of the molecule is CNCC(=O)N1CCC(Cc2nc(-c3ccc4ccc(-c5ccccc5)nc4c3)c3c(N)nccn23)CC1. The lowest BCUT2D eigenvalue weighted by Gasteiger charge is -2.31. The van der Waals surface area contributed by atoms with Gasteiger partial charge in [0.15, 0.2) is 0 Å². The first kappa shape index (κ1) is 24.1. The van der Waals surface area contributed by atoms with Crippen LogP contribution in [0.2, 0.25) is 0 Å². The third kappa shape index (κ3) is 4.59. The predicted octanol–water partition coefficient (Wildman–Crippen LogP) is 4.19. The molecule has 1 fully saturated rings. The van der Waals surface area contributed by atoms with Crippen molar-refractivity contribution in [3.63, 3.8) is 0 Å². The number of nitrogens with two attached hydrogens (primary N) is 1. The van der Waals surface area contributed by atoms with Crippen LogP contribution in [0.25, 0.3) is 38.9 Å². The molecule has 8 heteroatoms. The van der Waals surface area contributed by atoms with E-state index in [1.165, 1.54) is 0 Å². The Kier molecular flexibility index (Phi) is 6.47. The third-order valence-corrected chi connectivity index (χ3v) is 7.46. The number of carbonyl (C=O) groups is 1. The van der Waals surface area contributed by atoms with Crippen LogP contribution in [0, 0.1) is 5.92 Å². The van der Waals surface area contributed by atoms with Crippen molar-refractivity contribution in [2.75, 3.05) is 32.4 Å². The molecule has 0 atom stereocenters. The lowest BCUT2D eigenvalue weighted by molar-refractivity contribution is -0.131. The van der Waals surface area contributed by atoms with Crippen molar-refractivity contribution in [2.45, 2.75) is 19.3 Å². The monoisotopic (exact) mass is 505 g/mol. The Morgan fingerprint density at radius 1 is 1.03 bits per heavy atom. The van der Waals surface area contributed by atoms with Crippen molar-refractivity contribution >= 4 is 28.1 Å². The third-order valence-electron chi connectivity index (χ3n) is 7.46. The summed E-state index contributed by atoms with van der Waals surface area (Å²) in [6.45, 7) is 1.95. The normalized spacial score (nSPS) is 14.4. The number of hydrogen-bond donors (Lipinski definition) is 2. The number of rotatable bonds is 6. The number of hydrogen-bond acceptors (Lipinski definition) is 6. The Hall–Kier alpha value is -4.30. The second-order valence-corrected chi connectivity index (χ2v) is 9.94. The smallest absolute Gasteiger partial charge is 0.236 e. The van der Waals surface area contributed by atoms with Crippen LogP contribution >= 0.6 is 0 Å². The van der Waals surface area contributed by atoms with E-state index < -0.39 is 0 Å². The van der Waals surface area contributed by atoms with Crippen molar-refractivity contribution in [3.05, 3.63) is 78.9 Å². The average molecular weight is 506 g/mol. The summed E-state index contributed by atoms with van der Waals surface area (Å²) in [5, 5.41) is 4.03. The number of nitrogen functional groups attached to an aromatic ring is 1. The number of pyridine rings is 1. The van der Waals surface area contributed by atoms with Gasteiger partial charge in [-0.1, -0.05) is 48.5 Å². The highest BCUT2D eigenvalue weighted by atomic mass is 16.2. The second-order valence-electron chi connectivity index (χ2n) is 9.94. The lowest BCUT2D eigenvalue weighted by Crippen LogP contribution is -2.42. The van der Waals surface area contributed by atoms with Gasteiger partial charge in [-0.2, -0.15) is 0 Å². The van der Waals surface area contributed by atoms with E-state index in [4.69, 9.17) is 15.7 Å². The topological polar surface area (TPSA) is 101 Å². The maximum atomic E-state index is 12.3. The van der Waals surface area contributed by atoms with Gasteiger partial charge in [-0.3, -0.25) is 9.20 Å². The van der Waals surface area contributed by atoms with Crippen LogP contribution in [0.15, 0.2) is 73.1 Å². The maximum Gasteiger partial charge on any atom is 0.236 e.